The number of carbonyl (C=O) groups is 11. The highest BCUT2D eigenvalue weighted by molar-refractivity contribution is 5.87. The number of hydrogen-bond donors (Lipinski definition) is 13. The van der Waals surface area contributed by atoms with E-state index in [4.69, 9.17) is 35.6 Å². The summed E-state index contributed by atoms with van der Waals surface area (Å²) in [6.45, 7) is 1.34. The van der Waals surface area contributed by atoms with Gasteiger partial charge in [-0.05, 0) is 57.8 Å². The lowest BCUT2D eigenvalue weighted by Gasteiger charge is -2.17. The number of primary amides is 1. The van der Waals surface area contributed by atoms with Crippen molar-refractivity contribution in [3.63, 3.8) is 0 Å². The van der Waals surface area contributed by atoms with Gasteiger partial charge in [-0.2, -0.15) is 0 Å². The highest BCUT2D eigenvalue weighted by atomic mass is 16.5. The number of ether oxygens (including phenoxy) is 4. The Labute approximate surface area is 462 Å². The molecule has 28 heteroatoms. The maximum atomic E-state index is 12.4. The number of nitrogens with one attached hydrogen (secondary N) is 7. The standard InChI is InChI=1S/C51H91N9O19/c52-48(69)37(60-53)16-13-14-26-54-42(62)23-20-39(50(72)73)58-45(65)25-22-40(51(74)75)59-46(66)36-79-35-34-78-30-27-55-41(61)18-15-29-76-32-33-77-31-28-56-43(63)24-21-38(49(70)71)57-44(64)17-11-9-7-5-3-1-2-4-6-8-10-12-19-47(67)68/h37-40,60H,1-36,53H2,(H2,52,69)(H,54,62)(H,55,61)(H,56,63)(H,57,64)(H,58,65)(H,59,66)(H,67,68)(H,70,71)(H,72,73)(H,74,75)/t37-,38-,39-,40-/m0/s1. The summed E-state index contributed by atoms with van der Waals surface area (Å²) in [5.41, 5.74) is 7.48. The van der Waals surface area contributed by atoms with Crippen molar-refractivity contribution in [3.8, 4) is 0 Å². The molecule has 0 fully saturated rings. The first-order valence-electron chi connectivity index (χ1n) is 27.5. The number of amides is 7. The van der Waals surface area contributed by atoms with Gasteiger partial charge in [0.15, 0.2) is 0 Å². The van der Waals surface area contributed by atoms with Crippen molar-refractivity contribution < 1.29 is 92.1 Å². The molecular weight excluding hydrogens is 1040 g/mol. The second-order valence-corrected chi connectivity index (χ2v) is 18.8. The van der Waals surface area contributed by atoms with Crippen LogP contribution in [0.2, 0.25) is 0 Å². The highest BCUT2D eigenvalue weighted by Gasteiger charge is 2.25. The van der Waals surface area contributed by atoms with Gasteiger partial charge in [-0.15, -0.1) is 0 Å². The molecule has 0 saturated heterocycles. The second kappa shape index (κ2) is 49.0. The topological polar surface area (TPSA) is 442 Å². The SMILES string of the molecule is NN[C@@H](CCCCNC(=O)CC[C@H](NC(=O)CC[C@H](NC(=O)COCCOCCNC(=O)CCCOCCOCCNC(=O)CC[C@H](NC(=O)CCCCCCCCCCCCCCC(=O)O)C(=O)O)C(=O)O)C(=O)O)C(N)=O. The minimum atomic E-state index is -1.48. The van der Waals surface area contributed by atoms with Gasteiger partial charge in [-0.25, -0.2) is 19.8 Å². The van der Waals surface area contributed by atoms with Crippen LogP contribution in [0.1, 0.15) is 161 Å². The zero-order valence-corrected chi connectivity index (χ0v) is 45.8. The molecule has 28 nitrogen and oxygen atoms in total. The predicted octanol–water partition coefficient (Wildman–Crippen LogP) is 0.264. The van der Waals surface area contributed by atoms with Gasteiger partial charge in [0.25, 0.3) is 0 Å². The first kappa shape index (κ1) is 72.9. The van der Waals surface area contributed by atoms with Crippen molar-refractivity contribution in [2.45, 2.75) is 185 Å². The van der Waals surface area contributed by atoms with E-state index in [0.717, 1.165) is 70.6 Å². The van der Waals surface area contributed by atoms with Gasteiger partial charge in [-0.3, -0.25) is 44.2 Å². The van der Waals surface area contributed by atoms with Crippen molar-refractivity contribution in [1.82, 2.24) is 37.3 Å². The Morgan fingerprint density at radius 3 is 1.15 bits per heavy atom. The van der Waals surface area contributed by atoms with Crippen LogP contribution < -0.4 is 48.9 Å². The van der Waals surface area contributed by atoms with Crippen LogP contribution in [-0.2, 0) is 71.7 Å². The number of carbonyl (C=O) groups excluding carboxylic acids is 7. The van der Waals surface area contributed by atoms with Crippen molar-refractivity contribution in [2.75, 3.05) is 72.5 Å². The molecule has 0 heterocycles. The molecule has 0 aliphatic heterocycles. The summed E-state index contributed by atoms with van der Waals surface area (Å²) < 4.78 is 21.5. The summed E-state index contributed by atoms with van der Waals surface area (Å²) >= 11 is 0. The number of nitrogens with two attached hydrogens (primary N) is 2. The summed E-state index contributed by atoms with van der Waals surface area (Å²) in [6, 6.07) is -4.78. The molecule has 15 N–H and O–H groups in total. The molecule has 0 spiro atoms. The third-order valence-corrected chi connectivity index (χ3v) is 12.0. The lowest BCUT2D eigenvalue weighted by molar-refractivity contribution is -0.144. The summed E-state index contributed by atoms with van der Waals surface area (Å²) in [5, 5.41) is 52.2. The summed E-state index contributed by atoms with van der Waals surface area (Å²) in [4.78, 5) is 130. The van der Waals surface area contributed by atoms with Crippen LogP contribution in [0.4, 0.5) is 0 Å². The number of aliphatic carboxylic acids is 4. The molecule has 0 aliphatic rings. The Morgan fingerprint density at radius 1 is 0.342 bits per heavy atom. The van der Waals surface area contributed by atoms with Gasteiger partial charge in [-0.1, -0.05) is 64.2 Å². The molecule has 0 rings (SSSR count). The molecule has 0 bridgehead atoms. The Balaban J connectivity index is 3.94. The van der Waals surface area contributed by atoms with Crippen molar-refractivity contribution in [3.05, 3.63) is 0 Å². The molecule has 0 aromatic heterocycles. The Kier molecular flexibility index (Phi) is 45.2. The minimum absolute atomic E-state index is 0.0279. The third-order valence-electron chi connectivity index (χ3n) is 12.0. The zero-order valence-electron chi connectivity index (χ0n) is 45.8. The van der Waals surface area contributed by atoms with Crippen LogP contribution in [0.25, 0.3) is 0 Å². The van der Waals surface area contributed by atoms with Crippen molar-refractivity contribution in [1.29, 1.82) is 0 Å². The molecule has 0 aromatic carbocycles. The number of carboxylic acids is 4. The Bertz CT molecular complexity index is 1800. The summed E-state index contributed by atoms with van der Waals surface area (Å²) in [7, 11) is 0. The Morgan fingerprint density at radius 2 is 0.709 bits per heavy atom. The van der Waals surface area contributed by atoms with Crippen LogP contribution in [0, 0.1) is 0 Å². The maximum Gasteiger partial charge on any atom is 0.326 e. The smallest absolute Gasteiger partial charge is 0.326 e. The molecular formula is C51H91N9O19. The van der Waals surface area contributed by atoms with Crippen LogP contribution in [0.3, 0.4) is 0 Å². The summed E-state index contributed by atoms with van der Waals surface area (Å²) in [5.74, 6) is -3.13. The van der Waals surface area contributed by atoms with E-state index in [1.54, 1.807) is 0 Å². The van der Waals surface area contributed by atoms with E-state index in [0.29, 0.717) is 38.7 Å². The lowest BCUT2D eigenvalue weighted by atomic mass is 10.0. The molecule has 454 valence electrons. The fourth-order valence-corrected chi connectivity index (χ4v) is 7.54. The highest BCUT2D eigenvalue weighted by Crippen LogP contribution is 2.13. The van der Waals surface area contributed by atoms with E-state index in [2.05, 4.69) is 37.3 Å². The monoisotopic (exact) mass is 1130 g/mol. The van der Waals surface area contributed by atoms with Gasteiger partial charge in [0, 0.05) is 64.8 Å². The van der Waals surface area contributed by atoms with Gasteiger partial charge < -0.3 is 77.0 Å². The van der Waals surface area contributed by atoms with Gasteiger partial charge >= 0.3 is 23.9 Å². The average molecular weight is 1130 g/mol. The van der Waals surface area contributed by atoms with Crippen LogP contribution in [-0.4, -0.2) is 182 Å². The normalized spacial score (nSPS) is 12.5. The molecule has 0 unspecified atom stereocenters. The van der Waals surface area contributed by atoms with E-state index in [1.165, 1.54) is 0 Å². The predicted molar refractivity (Wildman–Crippen MR) is 284 cm³/mol. The van der Waals surface area contributed by atoms with E-state index < -0.39 is 84.7 Å². The fraction of sp³-hybridized carbons (Fsp3) is 0.784. The summed E-state index contributed by atoms with van der Waals surface area (Å²) in [6.07, 6.45) is 13.2. The molecule has 0 radical (unpaired) electrons. The molecule has 4 atom stereocenters. The second-order valence-electron chi connectivity index (χ2n) is 18.8. The van der Waals surface area contributed by atoms with Gasteiger partial charge in [0.05, 0.1) is 45.7 Å². The number of hydrogen-bond acceptors (Lipinski definition) is 17. The Hall–Kier alpha value is -6.07. The molecule has 79 heavy (non-hydrogen) atoms. The fourth-order valence-electron chi connectivity index (χ4n) is 7.54. The quantitative estimate of drug-likeness (QED) is 0.0221. The van der Waals surface area contributed by atoms with Crippen LogP contribution >= 0.6 is 0 Å². The molecule has 0 saturated carbocycles. The molecule has 0 aliphatic carbocycles. The number of rotatable bonds is 55. The van der Waals surface area contributed by atoms with Crippen LogP contribution in [0.5, 0.6) is 0 Å². The average Bonchev–Trinajstić information content (AvgIpc) is 3.39. The number of hydrazine groups is 1. The van der Waals surface area contributed by atoms with E-state index in [9.17, 15) is 68.1 Å². The first-order valence-corrected chi connectivity index (χ1v) is 27.5. The number of unbranched alkanes of at least 4 members (excludes halogenated alkanes) is 12. The zero-order chi connectivity index (χ0) is 58.9. The molecule has 7 amide bonds. The van der Waals surface area contributed by atoms with Gasteiger partial charge in [0.1, 0.15) is 24.7 Å². The largest absolute Gasteiger partial charge is 0.481 e. The van der Waals surface area contributed by atoms with Gasteiger partial charge in [0.2, 0.25) is 41.4 Å². The minimum Gasteiger partial charge on any atom is -0.481 e. The van der Waals surface area contributed by atoms with E-state index >= 15 is 0 Å². The van der Waals surface area contributed by atoms with Crippen LogP contribution in [0.15, 0.2) is 0 Å². The number of carboxylic acid groups (broad SMARTS) is 4. The molecule has 0 aromatic rings. The van der Waals surface area contributed by atoms with E-state index in [1.807, 2.05) is 0 Å². The first-order chi connectivity index (χ1) is 37.9. The van der Waals surface area contributed by atoms with Crippen molar-refractivity contribution in [2.24, 2.45) is 11.6 Å². The lowest BCUT2D eigenvalue weighted by Crippen LogP contribution is -2.45. The van der Waals surface area contributed by atoms with E-state index in [-0.39, 0.29) is 128 Å². The maximum absolute atomic E-state index is 12.4. The third kappa shape index (κ3) is 45.5. The van der Waals surface area contributed by atoms with Crippen molar-refractivity contribution >= 4 is 65.2 Å².